The van der Waals surface area contributed by atoms with Crippen LogP contribution in [0, 0.1) is 6.92 Å². The van der Waals surface area contributed by atoms with E-state index in [2.05, 4.69) is 10.1 Å². The first kappa shape index (κ1) is 16.2. The van der Waals surface area contributed by atoms with Gasteiger partial charge in [0.25, 0.3) is 5.56 Å². The third kappa shape index (κ3) is 2.46. The number of rotatable bonds is 4. The predicted molar refractivity (Wildman–Crippen MR) is 90.7 cm³/mol. The van der Waals surface area contributed by atoms with Crippen molar-refractivity contribution in [1.29, 1.82) is 0 Å². The normalized spacial score (nSPS) is 10.9. The van der Waals surface area contributed by atoms with E-state index in [1.165, 1.54) is 31.9 Å². The summed E-state index contributed by atoms with van der Waals surface area (Å²) in [5.74, 6) is 1.44. The van der Waals surface area contributed by atoms with E-state index in [1.54, 1.807) is 19.1 Å². The van der Waals surface area contributed by atoms with E-state index < -0.39 is 0 Å². The summed E-state index contributed by atoms with van der Waals surface area (Å²) < 4.78 is 17.3. The van der Waals surface area contributed by atoms with Crippen LogP contribution < -0.4 is 19.8 Å². The SMILES string of the molecule is COc1cc(-c2cc(=O)n3[nH]c(Cl)c(C)c3n2)cc(OC)c1OC. The second-order valence-electron chi connectivity index (χ2n) is 5.10. The van der Waals surface area contributed by atoms with Crippen LogP contribution in [0.3, 0.4) is 0 Å². The zero-order valence-electron chi connectivity index (χ0n) is 13.6. The van der Waals surface area contributed by atoms with Gasteiger partial charge in [-0.3, -0.25) is 9.89 Å². The number of fused-ring (bicyclic) bond motifs is 1. The van der Waals surface area contributed by atoms with Gasteiger partial charge in [0.2, 0.25) is 5.75 Å². The highest BCUT2D eigenvalue weighted by Crippen LogP contribution is 2.40. The van der Waals surface area contributed by atoms with Crippen molar-refractivity contribution in [2.24, 2.45) is 0 Å². The molecule has 0 aliphatic heterocycles. The molecule has 0 aliphatic rings. The van der Waals surface area contributed by atoms with Gasteiger partial charge in [-0.1, -0.05) is 11.6 Å². The average molecular weight is 350 g/mol. The monoisotopic (exact) mass is 349 g/mol. The van der Waals surface area contributed by atoms with Gasteiger partial charge in [-0.25, -0.2) is 9.50 Å². The molecule has 0 saturated carbocycles. The molecule has 3 aromatic rings. The number of benzene rings is 1. The molecule has 8 heteroatoms. The van der Waals surface area contributed by atoms with Crippen LogP contribution in [-0.2, 0) is 0 Å². The number of ether oxygens (including phenoxy) is 3. The highest BCUT2D eigenvalue weighted by Gasteiger charge is 2.17. The van der Waals surface area contributed by atoms with Gasteiger partial charge >= 0.3 is 0 Å². The Morgan fingerprint density at radius 3 is 2.25 bits per heavy atom. The van der Waals surface area contributed by atoms with Gasteiger partial charge in [-0.05, 0) is 19.1 Å². The second-order valence-corrected chi connectivity index (χ2v) is 5.48. The van der Waals surface area contributed by atoms with E-state index in [0.29, 0.717) is 44.9 Å². The fourth-order valence-electron chi connectivity index (χ4n) is 2.50. The van der Waals surface area contributed by atoms with E-state index in [4.69, 9.17) is 25.8 Å². The lowest BCUT2D eigenvalue weighted by Crippen LogP contribution is -2.14. The summed E-state index contributed by atoms with van der Waals surface area (Å²) in [5, 5.41) is 3.15. The lowest BCUT2D eigenvalue weighted by molar-refractivity contribution is 0.324. The minimum Gasteiger partial charge on any atom is -0.493 e. The van der Waals surface area contributed by atoms with Crippen LogP contribution in [0.15, 0.2) is 23.0 Å². The van der Waals surface area contributed by atoms with Crippen molar-refractivity contribution >= 4 is 17.2 Å². The highest BCUT2D eigenvalue weighted by molar-refractivity contribution is 6.30. The summed E-state index contributed by atoms with van der Waals surface area (Å²) in [6.45, 7) is 1.79. The van der Waals surface area contributed by atoms with Gasteiger partial charge in [-0.15, -0.1) is 0 Å². The Labute approximate surface area is 142 Å². The second kappa shape index (κ2) is 6.09. The first-order valence-electron chi connectivity index (χ1n) is 7.08. The molecule has 0 unspecified atom stereocenters. The maximum Gasteiger partial charge on any atom is 0.273 e. The molecule has 0 bridgehead atoms. The van der Waals surface area contributed by atoms with E-state index in [1.807, 2.05) is 0 Å². The van der Waals surface area contributed by atoms with Crippen LogP contribution >= 0.6 is 11.6 Å². The van der Waals surface area contributed by atoms with E-state index >= 15 is 0 Å². The molecule has 0 atom stereocenters. The number of aryl methyl sites for hydroxylation is 1. The number of methoxy groups -OCH3 is 3. The molecule has 0 radical (unpaired) electrons. The Balaban J connectivity index is 2.27. The smallest absolute Gasteiger partial charge is 0.273 e. The van der Waals surface area contributed by atoms with Crippen molar-refractivity contribution in [3.63, 3.8) is 0 Å². The van der Waals surface area contributed by atoms with Crippen LogP contribution in [0.25, 0.3) is 16.9 Å². The molecule has 0 saturated heterocycles. The summed E-state index contributed by atoms with van der Waals surface area (Å²) in [6, 6.07) is 4.90. The molecule has 0 fully saturated rings. The van der Waals surface area contributed by atoms with Gasteiger partial charge in [0.05, 0.1) is 27.0 Å². The third-order valence-corrected chi connectivity index (χ3v) is 4.12. The fourth-order valence-corrected chi connectivity index (χ4v) is 2.67. The fraction of sp³-hybridized carbons (Fsp3) is 0.250. The van der Waals surface area contributed by atoms with Gasteiger partial charge in [0.15, 0.2) is 17.1 Å². The van der Waals surface area contributed by atoms with Crippen LogP contribution in [0.5, 0.6) is 17.2 Å². The Morgan fingerprint density at radius 1 is 1.08 bits per heavy atom. The molecule has 24 heavy (non-hydrogen) atoms. The number of H-pyrrole nitrogens is 1. The molecule has 7 nitrogen and oxygen atoms in total. The molecule has 0 spiro atoms. The maximum absolute atomic E-state index is 12.3. The first-order valence-corrected chi connectivity index (χ1v) is 7.46. The van der Waals surface area contributed by atoms with E-state index in [9.17, 15) is 4.79 Å². The summed E-state index contributed by atoms with van der Waals surface area (Å²) in [7, 11) is 4.59. The number of nitrogens with one attached hydrogen (secondary N) is 1. The summed E-state index contributed by atoms with van der Waals surface area (Å²) >= 11 is 6.05. The molecule has 2 aromatic heterocycles. The number of aromatic amines is 1. The standard InChI is InChI=1S/C16H16ClN3O4/c1-8-15(17)19-20-13(21)7-10(18-16(8)20)9-5-11(22-2)14(24-4)12(6-9)23-3/h5-7,19H,1-4H3. The molecule has 1 aromatic carbocycles. The summed E-state index contributed by atoms with van der Waals surface area (Å²) in [6.07, 6.45) is 0. The lowest BCUT2D eigenvalue weighted by atomic mass is 10.1. The zero-order valence-corrected chi connectivity index (χ0v) is 14.4. The number of nitrogens with zero attached hydrogens (tertiary/aromatic N) is 2. The van der Waals surface area contributed by atoms with Gasteiger partial charge in [-0.2, -0.15) is 0 Å². The van der Waals surface area contributed by atoms with Gasteiger partial charge in [0.1, 0.15) is 5.15 Å². The van der Waals surface area contributed by atoms with E-state index in [-0.39, 0.29) is 5.56 Å². The molecular formula is C16H16ClN3O4. The molecular weight excluding hydrogens is 334 g/mol. The van der Waals surface area contributed by atoms with Crippen LogP contribution in [0.4, 0.5) is 0 Å². The minimum absolute atomic E-state index is 0.265. The minimum atomic E-state index is -0.265. The molecule has 1 N–H and O–H groups in total. The van der Waals surface area contributed by atoms with E-state index in [0.717, 1.165) is 0 Å². The van der Waals surface area contributed by atoms with Gasteiger partial charge in [0, 0.05) is 17.2 Å². The van der Waals surface area contributed by atoms with Crippen molar-refractivity contribution < 1.29 is 14.2 Å². The highest BCUT2D eigenvalue weighted by atomic mass is 35.5. The number of hydrogen-bond donors (Lipinski definition) is 1. The van der Waals surface area contributed by atoms with Crippen molar-refractivity contribution in [2.45, 2.75) is 6.92 Å². The third-order valence-electron chi connectivity index (χ3n) is 3.75. The predicted octanol–water partition coefficient (Wildman–Crippen LogP) is 2.68. The number of aromatic nitrogens is 3. The first-order chi connectivity index (χ1) is 11.5. The van der Waals surface area contributed by atoms with Gasteiger partial charge < -0.3 is 14.2 Å². The Kier molecular flexibility index (Phi) is 4.11. The Hall–Kier alpha value is -2.67. The number of halogens is 1. The number of hydrogen-bond acceptors (Lipinski definition) is 5. The van der Waals surface area contributed by atoms with Crippen molar-refractivity contribution in [1.82, 2.24) is 14.6 Å². The molecule has 2 heterocycles. The molecule has 126 valence electrons. The molecule has 3 rings (SSSR count). The Bertz CT molecular complexity index is 952. The summed E-state index contributed by atoms with van der Waals surface area (Å²) in [4.78, 5) is 16.8. The Morgan fingerprint density at radius 2 is 1.71 bits per heavy atom. The van der Waals surface area contributed by atoms with Crippen LogP contribution in [0.1, 0.15) is 5.56 Å². The van der Waals surface area contributed by atoms with Crippen LogP contribution in [0.2, 0.25) is 5.15 Å². The van der Waals surface area contributed by atoms with Crippen LogP contribution in [-0.4, -0.2) is 35.9 Å². The zero-order chi connectivity index (χ0) is 17.4. The lowest BCUT2D eigenvalue weighted by Gasteiger charge is -2.14. The maximum atomic E-state index is 12.3. The quantitative estimate of drug-likeness (QED) is 0.783. The molecule has 0 aliphatic carbocycles. The van der Waals surface area contributed by atoms with Crippen molar-refractivity contribution in [2.75, 3.05) is 21.3 Å². The average Bonchev–Trinajstić information content (AvgIpc) is 2.89. The largest absolute Gasteiger partial charge is 0.493 e. The molecule has 0 amide bonds. The summed E-state index contributed by atoms with van der Waals surface area (Å²) in [5.41, 5.74) is 2.05. The topological polar surface area (TPSA) is 77.9 Å². The van der Waals surface area contributed by atoms with Crippen molar-refractivity contribution in [3.8, 4) is 28.5 Å². The van der Waals surface area contributed by atoms with Crippen molar-refractivity contribution in [3.05, 3.63) is 39.3 Å².